The molecule has 192 valence electrons. The minimum Gasteiger partial charge on any atom is -0.493 e. The molecular formula is C26H24ClIN4O5. The van der Waals surface area contributed by atoms with E-state index in [0.29, 0.717) is 37.0 Å². The Kier molecular flexibility index (Phi) is 9.86. The molecule has 9 nitrogen and oxygen atoms in total. The monoisotopic (exact) mass is 634 g/mol. The molecule has 0 atom stereocenters. The summed E-state index contributed by atoms with van der Waals surface area (Å²) >= 11 is 7.97. The van der Waals surface area contributed by atoms with E-state index < -0.39 is 11.8 Å². The third-order valence-corrected chi connectivity index (χ3v) is 6.05. The standard InChI is InChI=1S/C26H24ClIN4O5/c1-15-6-4-7-16(2)23(15)31-25(34)26(35)32-29-13-17-10-20(28)24(21(11-17)36-3)37-14-22(33)30-19-9-5-8-18(27)12-19/h4-13H,14H2,1-3H3,(H,30,33)(H,31,34)(H,32,35)/b29-13-. The molecule has 0 radical (unpaired) electrons. The molecule has 0 spiro atoms. The highest BCUT2D eigenvalue weighted by molar-refractivity contribution is 14.1. The molecule has 3 amide bonds. The first-order valence-electron chi connectivity index (χ1n) is 10.9. The molecule has 0 saturated carbocycles. The highest BCUT2D eigenvalue weighted by Gasteiger charge is 2.16. The molecule has 0 aromatic heterocycles. The van der Waals surface area contributed by atoms with E-state index in [1.54, 1.807) is 36.4 Å². The third kappa shape index (κ3) is 7.92. The van der Waals surface area contributed by atoms with Gasteiger partial charge in [-0.3, -0.25) is 14.4 Å². The maximum absolute atomic E-state index is 12.3. The van der Waals surface area contributed by atoms with Crippen LogP contribution in [0.4, 0.5) is 11.4 Å². The Morgan fingerprint density at radius 2 is 1.70 bits per heavy atom. The number of ether oxygens (including phenoxy) is 2. The van der Waals surface area contributed by atoms with E-state index in [4.69, 9.17) is 21.1 Å². The summed E-state index contributed by atoms with van der Waals surface area (Å²) in [6, 6.07) is 15.7. The van der Waals surface area contributed by atoms with Crippen LogP contribution in [0.1, 0.15) is 16.7 Å². The van der Waals surface area contributed by atoms with Crippen molar-refractivity contribution in [1.82, 2.24) is 5.43 Å². The Morgan fingerprint density at radius 1 is 1.00 bits per heavy atom. The summed E-state index contributed by atoms with van der Waals surface area (Å²) in [6.45, 7) is 3.43. The third-order valence-electron chi connectivity index (χ3n) is 5.01. The molecular weight excluding hydrogens is 611 g/mol. The lowest BCUT2D eigenvalue weighted by Gasteiger charge is -2.13. The number of aryl methyl sites for hydroxylation is 2. The zero-order chi connectivity index (χ0) is 26.9. The van der Waals surface area contributed by atoms with Gasteiger partial charge in [0.2, 0.25) is 0 Å². The highest BCUT2D eigenvalue weighted by Crippen LogP contribution is 2.33. The Balaban J connectivity index is 1.60. The summed E-state index contributed by atoms with van der Waals surface area (Å²) < 4.78 is 11.7. The summed E-state index contributed by atoms with van der Waals surface area (Å²) in [4.78, 5) is 36.7. The number of hydrogen-bond acceptors (Lipinski definition) is 6. The normalized spacial score (nSPS) is 10.6. The van der Waals surface area contributed by atoms with Crippen LogP contribution in [0.5, 0.6) is 11.5 Å². The van der Waals surface area contributed by atoms with E-state index in [9.17, 15) is 14.4 Å². The molecule has 3 aromatic rings. The molecule has 3 N–H and O–H groups in total. The lowest BCUT2D eigenvalue weighted by molar-refractivity contribution is -0.136. The highest BCUT2D eigenvalue weighted by atomic mass is 127. The minimum absolute atomic E-state index is 0.252. The lowest BCUT2D eigenvalue weighted by Crippen LogP contribution is -2.32. The van der Waals surface area contributed by atoms with Gasteiger partial charge in [0.15, 0.2) is 18.1 Å². The van der Waals surface area contributed by atoms with Crippen LogP contribution in [0.25, 0.3) is 0 Å². The maximum atomic E-state index is 12.3. The summed E-state index contributed by atoms with van der Waals surface area (Å²) in [5.41, 5.74) is 5.61. The fourth-order valence-electron chi connectivity index (χ4n) is 3.25. The largest absolute Gasteiger partial charge is 0.493 e. The minimum atomic E-state index is -0.911. The van der Waals surface area contributed by atoms with Crippen LogP contribution in [0.3, 0.4) is 0 Å². The van der Waals surface area contributed by atoms with Gasteiger partial charge in [-0.15, -0.1) is 0 Å². The number of para-hydroxylation sites is 1. The number of carbonyl (C=O) groups is 3. The fourth-order valence-corrected chi connectivity index (χ4v) is 4.22. The Labute approximate surface area is 232 Å². The summed E-state index contributed by atoms with van der Waals surface area (Å²) in [5, 5.41) is 9.67. The smallest absolute Gasteiger partial charge is 0.329 e. The predicted molar refractivity (Wildman–Crippen MR) is 152 cm³/mol. The van der Waals surface area contributed by atoms with E-state index in [1.807, 2.05) is 54.6 Å². The van der Waals surface area contributed by atoms with Crippen molar-refractivity contribution in [2.45, 2.75) is 13.8 Å². The topological polar surface area (TPSA) is 118 Å². The molecule has 0 aliphatic rings. The van der Waals surface area contributed by atoms with E-state index in [-0.39, 0.29) is 12.5 Å². The molecule has 0 unspecified atom stereocenters. The SMILES string of the molecule is COc1cc(/C=N\NC(=O)C(=O)Nc2c(C)cccc2C)cc(I)c1OCC(=O)Nc1cccc(Cl)c1. The average molecular weight is 635 g/mol. The molecule has 0 fully saturated rings. The van der Waals surface area contributed by atoms with Crippen molar-refractivity contribution in [2.75, 3.05) is 24.4 Å². The number of halogens is 2. The number of benzene rings is 3. The van der Waals surface area contributed by atoms with Crippen molar-refractivity contribution in [3.05, 3.63) is 79.9 Å². The van der Waals surface area contributed by atoms with Gasteiger partial charge in [0.25, 0.3) is 5.91 Å². The van der Waals surface area contributed by atoms with E-state index >= 15 is 0 Å². The zero-order valence-electron chi connectivity index (χ0n) is 20.2. The molecule has 0 heterocycles. The number of methoxy groups -OCH3 is 1. The molecule has 3 aromatic carbocycles. The van der Waals surface area contributed by atoms with E-state index in [1.165, 1.54) is 13.3 Å². The number of carbonyl (C=O) groups excluding carboxylic acids is 3. The second kappa shape index (κ2) is 13.1. The van der Waals surface area contributed by atoms with E-state index in [2.05, 4.69) is 21.2 Å². The molecule has 3 rings (SSSR count). The molecule has 0 aliphatic carbocycles. The second-order valence-corrected chi connectivity index (χ2v) is 9.40. The van der Waals surface area contributed by atoms with Gasteiger partial charge in [-0.25, -0.2) is 5.43 Å². The van der Waals surface area contributed by atoms with Crippen molar-refractivity contribution in [1.29, 1.82) is 0 Å². The van der Waals surface area contributed by atoms with Crippen molar-refractivity contribution in [2.24, 2.45) is 5.10 Å². The number of nitrogens with zero attached hydrogens (tertiary/aromatic N) is 1. The quantitative estimate of drug-likeness (QED) is 0.144. The predicted octanol–water partition coefficient (Wildman–Crippen LogP) is 4.68. The van der Waals surface area contributed by atoms with Crippen molar-refractivity contribution < 1.29 is 23.9 Å². The molecule has 0 saturated heterocycles. The van der Waals surface area contributed by atoms with Gasteiger partial charge >= 0.3 is 11.8 Å². The van der Waals surface area contributed by atoms with Crippen molar-refractivity contribution in [3.63, 3.8) is 0 Å². The second-order valence-electron chi connectivity index (χ2n) is 7.80. The number of amides is 3. The first-order valence-corrected chi connectivity index (χ1v) is 12.4. The van der Waals surface area contributed by atoms with Gasteiger partial charge in [0.1, 0.15) is 0 Å². The molecule has 0 bridgehead atoms. The van der Waals surface area contributed by atoms with Crippen LogP contribution >= 0.6 is 34.2 Å². The number of hydrazone groups is 1. The first kappa shape index (κ1) is 27.9. The number of anilines is 2. The van der Waals surface area contributed by atoms with Crippen LogP contribution in [0.2, 0.25) is 5.02 Å². The number of rotatable bonds is 8. The molecule has 37 heavy (non-hydrogen) atoms. The van der Waals surface area contributed by atoms with Crippen molar-refractivity contribution >= 4 is 69.5 Å². The summed E-state index contributed by atoms with van der Waals surface area (Å²) in [7, 11) is 1.46. The van der Waals surface area contributed by atoms with Crippen LogP contribution in [-0.4, -0.2) is 37.7 Å². The van der Waals surface area contributed by atoms with E-state index in [0.717, 1.165) is 11.1 Å². The fraction of sp³-hybridized carbons (Fsp3) is 0.154. The van der Waals surface area contributed by atoms with Gasteiger partial charge in [-0.1, -0.05) is 35.9 Å². The Morgan fingerprint density at radius 3 is 2.38 bits per heavy atom. The van der Waals surface area contributed by atoms with Gasteiger partial charge in [0.05, 0.1) is 16.9 Å². The summed E-state index contributed by atoms with van der Waals surface area (Å²) in [5.74, 6) is -1.37. The first-order chi connectivity index (χ1) is 17.7. The molecule has 11 heteroatoms. The van der Waals surface area contributed by atoms with Crippen LogP contribution in [0, 0.1) is 17.4 Å². The zero-order valence-corrected chi connectivity index (χ0v) is 23.1. The van der Waals surface area contributed by atoms with Gasteiger partial charge in [-0.05, 0) is 83.5 Å². The lowest BCUT2D eigenvalue weighted by atomic mass is 10.1. The van der Waals surface area contributed by atoms with Gasteiger partial charge < -0.3 is 20.1 Å². The number of hydrogen-bond donors (Lipinski definition) is 3. The number of nitrogens with one attached hydrogen (secondary N) is 3. The Bertz CT molecular complexity index is 1340. The summed E-state index contributed by atoms with van der Waals surface area (Å²) in [6.07, 6.45) is 1.37. The Hall–Kier alpha value is -3.64. The van der Waals surface area contributed by atoms with Gasteiger partial charge in [-0.2, -0.15) is 5.10 Å². The van der Waals surface area contributed by atoms with Crippen LogP contribution in [0.15, 0.2) is 59.7 Å². The van der Waals surface area contributed by atoms with Crippen LogP contribution < -0.4 is 25.5 Å². The molecule has 0 aliphatic heterocycles. The average Bonchev–Trinajstić information content (AvgIpc) is 2.85. The van der Waals surface area contributed by atoms with Crippen LogP contribution in [-0.2, 0) is 14.4 Å². The van der Waals surface area contributed by atoms with Crippen molar-refractivity contribution in [3.8, 4) is 11.5 Å². The van der Waals surface area contributed by atoms with Gasteiger partial charge in [0, 0.05) is 16.4 Å². The maximum Gasteiger partial charge on any atom is 0.329 e.